The van der Waals surface area contributed by atoms with E-state index in [1.54, 1.807) is 18.0 Å². The number of hydrogen-bond donors (Lipinski definition) is 1. The monoisotopic (exact) mass is 549 g/mol. The van der Waals surface area contributed by atoms with Crippen molar-refractivity contribution in [3.05, 3.63) is 82.2 Å². The molecule has 1 N–H and O–H groups in total. The van der Waals surface area contributed by atoms with E-state index in [9.17, 15) is 13.8 Å². The minimum absolute atomic E-state index is 0.00974. The summed E-state index contributed by atoms with van der Waals surface area (Å²) < 4.78 is 21.3. The zero-order valence-corrected chi connectivity index (χ0v) is 23.5. The van der Waals surface area contributed by atoms with Crippen LogP contribution in [-0.4, -0.2) is 67.4 Å². The maximum atomic E-state index is 12.9. The molecular formula is C29H35N5O4S. The maximum Gasteiger partial charge on any atom is 0.269 e. The second-order valence-electron chi connectivity index (χ2n) is 10.2. The third kappa shape index (κ3) is 6.39. The van der Waals surface area contributed by atoms with Crippen LogP contribution in [0.3, 0.4) is 0 Å². The van der Waals surface area contributed by atoms with E-state index in [1.165, 1.54) is 0 Å². The molecule has 2 aliphatic rings. The fourth-order valence-electron chi connectivity index (χ4n) is 4.79. The molecule has 1 aromatic heterocycles. The van der Waals surface area contributed by atoms with Gasteiger partial charge in [-0.25, -0.2) is 8.51 Å². The molecule has 1 aliphatic heterocycles. The lowest BCUT2D eigenvalue weighted by atomic mass is 10.1. The lowest BCUT2D eigenvalue weighted by molar-refractivity contribution is 0.0701. The molecular weight excluding hydrogens is 514 g/mol. The molecule has 2 aromatic carbocycles. The van der Waals surface area contributed by atoms with Crippen molar-refractivity contribution >= 4 is 22.8 Å². The predicted octanol–water partition coefficient (Wildman–Crippen LogP) is 3.17. The Morgan fingerprint density at radius 1 is 1.08 bits per heavy atom. The molecule has 5 rings (SSSR count). The first kappa shape index (κ1) is 27.1. The Labute approximate surface area is 231 Å². The summed E-state index contributed by atoms with van der Waals surface area (Å²) in [5, 5.41) is 7.50. The van der Waals surface area contributed by atoms with Gasteiger partial charge in [0.25, 0.3) is 11.8 Å². The summed E-state index contributed by atoms with van der Waals surface area (Å²) in [6.45, 7) is 5.13. The highest BCUT2D eigenvalue weighted by atomic mass is 32.2. The molecule has 2 heterocycles. The molecule has 3 aromatic rings. The van der Waals surface area contributed by atoms with Crippen LogP contribution in [0.25, 0.3) is 0 Å². The fourth-order valence-corrected chi connectivity index (χ4v) is 5.47. The number of rotatable bonds is 9. The van der Waals surface area contributed by atoms with Crippen molar-refractivity contribution in [2.75, 3.05) is 32.4 Å². The summed E-state index contributed by atoms with van der Waals surface area (Å²) in [7, 11) is 0.805. The molecule has 0 radical (unpaired) electrons. The zero-order chi connectivity index (χ0) is 27.5. The van der Waals surface area contributed by atoms with Gasteiger partial charge < -0.3 is 15.0 Å². The van der Waals surface area contributed by atoms with Crippen molar-refractivity contribution < 1.29 is 18.5 Å². The number of ether oxygens (including phenoxy) is 1. The summed E-state index contributed by atoms with van der Waals surface area (Å²) in [5.41, 5.74) is 5.12. The van der Waals surface area contributed by atoms with Crippen LogP contribution in [0, 0.1) is 6.92 Å². The molecule has 0 bridgehead atoms. The first-order chi connectivity index (χ1) is 18.8. The van der Waals surface area contributed by atoms with Gasteiger partial charge in [-0.15, -0.1) is 0 Å². The number of carbonyl (C=O) groups is 2. The first-order valence-electron chi connectivity index (χ1n) is 13.3. The first-order valence-corrected chi connectivity index (χ1v) is 14.8. The van der Waals surface area contributed by atoms with Crippen molar-refractivity contribution in [3.63, 3.8) is 0 Å². The highest BCUT2D eigenvalue weighted by molar-refractivity contribution is 7.81. The summed E-state index contributed by atoms with van der Waals surface area (Å²) in [4.78, 5) is 27.5. The number of benzene rings is 2. The molecule has 9 nitrogen and oxygen atoms in total. The summed E-state index contributed by atoms with van der Waals surface area (Å²) >= 11 is 0. The van der Waals surface area contributed by atoms with Gasteiger partial charge >= 0.3 is 0 Å². The van der Waals surface area contributed by atoms with Crippen molar-refractivity contribution in [2.24, 2.45) is 7.05 Å². The van der Waals surface area contributed by atoms with Gasteiger partial charge in [0.05, 0.1) is 16.7 Å². The van der Waals surface area contributed by atoms with E-state index in [2.05, 4.69) is 10.4 Å². The van der Waals surface area contributed by atoms with E-state index in [-0.39, 0.29) is 11.8 Å². The van der Waals surface area contributed by atoms with Crippen LogP contribution < -0.4 is 10.1 Å². The van der Waals surface area contributed by atoms with Gasteiger partial charge in [0, 0.05) is 57.5 Å². The molecule has 206 valence electrons. The third-order valence-electron chi connectivity index (χ3n) is 7.45. The molecule has 1 saturated carbocycles. The Bertz CT molecular complexity index is 1370. The van der Waals surface area contributed by atoms with Crippen LogP contribution in [0.1, 0.15) is 62.0 Å². The highest BCUT2D eigenvalue weighted by Gasteiger charge is 2.28. The number of aromatic nitrogens is 2. The SMILES string of the molecule is Cc1c(CNC(=O)c2cc(C3CC3)nn2C)cccc1OCc1ccc(C(=O)N2CCN(S(C)=O)CC2)cc1. The molecule has 10 heteroatoms. The zero-order valence-electron chi connectivity index (χ0n) is 22.7. The van der Waals surface area contributed by atoms with Crippen LogP contribution >= 0.6 is 0 Å². The fraction of sp³-hybridized carbons (Fsp3) is 0.414. The summed E-state index contributed by atoms with van der Waals surface area (Å²) in [6.07, 6.45) is 3.96. The average Bonchev–Trinajstić information content (AvgIpc) is 3.72. The van der Waals surface area contributed by atoms with E-state index in [1.807, 2.05) is 64.7 Å². The van der Waals surface area contributed by atoms with Crippen LogP contribution in [0.2, 0.25) is 0 Å². The van der Waals surface area contributed by atoms with Crippen molar-refractivity contribution in [2.45, 2.75) is 38.8 Å². The van der Waals surface area contributed by atoms with E-state index >= 15 is 0 Å². The Hall–Kier alpha value is -3.50. The van der Waals surface area contributed by atoms with Gasteiger partial charge in [-0.05, 0) is 60.7 Å². The van der Waals surface area contributed by atoms with Gasteiger partial charge in [-0.1, -0.05) is 24.3 Å². The van der Waals surface area contributed by atoms with Gasteiger partial charge in [-0.3, -0.25) is 14.3 Å². The Morgan fingerprint density at radius 2 is 1.79 bits per heavy atom. The van der Waals surface area contributed by atoms with Crippen molar-refractivity contribution in [3.8, 4) is 5.75 Å². The standard InChI is InChI=1S/C29H35N5O4S/c1-20-24(18-30-28(35)26-17-25(22-11-12-22)31-32(26)2)5-4-6-27(20)38-19-21-7-9-23(10-8-21)29(36)33-13-15-34(16-14-33)39(3)37/h4-10,17,22H,11-16,18-19H2,1-3H3,(H,30,35). The number of nitrogens with one attached hydrogen (secondary N) is 1. The number of aryl methyl sites for hydroxylation is 1. The average molecular weight is 550 g/mol. The summed E-state index contributed by atoms with van der Waals surface area (Å²) in [5.74, 6) is 1.11. The predicted molar refractivity (Wildman–Crippen MR) is 150 cm³/mol. The van der Waals surface area contributed by atoms with Crippen LogP contribution in [0.15, 0.2) is 48.5 Å². The van der Waals surface area contributed by atoms with Crippen molar-refractivity contribution in [1.29, 1.82) is 0 Å². The smallest absolute Gasteiger partial charge is 0.269 e. The lowest BCUT2D eigenvalue weighted by Gasteiger charge is -2.33. The Balaban J connectivity index is 1.14. The van der Waals surface area contributed by atoms with Gasteiger partial charge in [0.15, 0.2) is 0 Å². The molecule has 0 spiro atoms. The normalized spacial score (nSPS) is 16.6. The molecule has 1 atom stereocenters. The molecule has 2 amide bonds. The van der Waals surface area contributed by atoms with E-state index in [0.717, 1.165) is 41.0 Å². The molecule has 1 unspecified atom stereocenters. The minimum Gasteiger partial charge on any atom is -0.489 e. The number of hydrogen-bond acceptors (Lipinski definition) is 5. The van der Waals surface area contributed by atoms with E-state index in [0.29, 0.717) is 56.5 Å². The van der Waals surface area contributed by atoms with Crippen molar-refractivity contribution in [1.82, 2.24) is 24.3 Å². The van der Waals surface area contributed by atoms with Crippen LogP contribution in [0.4, 0.5) is 0 Å². The maximum absolute atomic E-state index is 12.9. The second kappa shape index (κ2) is 11.7. The van der Waals surface area contributed by atoms with E-state index in [4.69, 9.17) is 4.74 Å². The second-order valence-corrected chi connectivity index (χ2v) is 11.6. The number of amides is 2. The minimum atomic E-state index is -1.00. The van der Waals surface area contributed by atoms with Crippen LogP contribution in [0.5, 0.6) is 5.75 Å². The largest absolute Gasteiger partial charge is 0.489 e. The number of piperazine rings is 1. The highest BCUT2D eigenvalue weighted by Crippen LogP contribution is 2.39. The van der Waals surface area contributed by atoms with Crippen LogP contribution in [-0.2, 0) is 31.2 Å². The van der Waals surface area contributed by atoms with Gasteiger partial charge in [-0.2, -0.15) is 5.10 Å². The Morgan fingerprint density at radius 3 is 2.46 bits per heavy atom. The van der Waals surface area contributed by atoms with Gasteiger partial charge in [0.1, 0.15) is 18.1 Å². The Kier molecular flexibility index (Phi) is 8.13. The quantitative estimate of drug-likeness (QED) is 0.442. The van der Waals surface area contributed by atoms with E-state index < -0.39 is 11.0 Å². The third-order valence-corrected chi connectivity index (χ3v) is 8.54. The lowest BCUT2D eigenvalue weighted by Crippen LogP contribution is -2.48. The van der Waals surface area contributed by atoms with Gasteiger partial charge in [0.2, 0.25) is 0 Å². The molecule has 2 fully saturated rings. The number of carbonyl (C=O) groups excluding carboxylic acids is 2. The molecule has 1 saturated heterocycles. The molecule has 39 heavy (non-hydrogen) atoms. The topological polar surface area (TPSA) is 96.8 Å². The number of nitrogens with zero attached hydrogens (tertiary/aromatic N) is 4. The molecule has 1 aliphatic carbocycles. The summed E-state index contributed by atoms with van der Waals surface area (Å²) in [6, 6.07) is 15.2.